The third kappa shape index (κ3) is 5.58. The lowest BCUT2D eigenvalue weighted by Gasteiger charge is -2.33. The Morgan fingerprint density at radius 2 is 1.89 bits per heavy atom. The maximum Gasteiger partial charge on any atom is 0.393 e. The molecule has 1 N–H and O–H groups in total. The van der Waals surface area contributed by atoms with Crippen LogP contribution in [0.15, 0.2) is 18.2 Å². The number of nitrogens with zero attached hydrogens (tertiary/aromatic N) is 1. The average molecular weight is 390 g/mol. The number of benzene rings is 1. The van der Waals surface area contributed by atoms with Crippen molar-refractivity contribution < 1.29 is 31.9 Å². The first-order chi connectivity index (χ1) is 12.6. The molecule has 1 aromatic carbocycles. The highest BCUT2D eigenvalue weighted by molar-refractivity contribution is 5.91. The molecule has 2 atom stereocenters. The number of carbonyl (C=O) groups is 2. The normalized spacial score (nSPS) is 20.1. The van der Waals surface area contributed by atoms with Gasteiger partial charge in [-0.2, -0.15) is 13.2 Å². The minimum absolute atomic E-state index is 0.0360. The predicted molar refractivity (Wildman–Crippen MR) is 91.0 cm³/mol. The molecule has 1 fully saturated rings. The van der Waals surface area contributed by atoms with Gasteiger partial charge in [-0.15, -0.1) is 0 Å². The molecule has 1 saturated carbocycles. The number of nitrogens with one attached hydrogen (secondary N) is 1. The SMILES string of the molecule is CN(C)c1ccc(C(=O)OCC(=O)N[C@@H]2CCCC[C@H]2C(F)(F)F)cc1F. The van der Waals surface area contributed by atoms with Gasteiger partial charge in [0, 0.05) is 20.1 Å². The van der Waals surface area contributed by atoms with Crippen LogP contribution >= 0.6 is 0 Å². The van der Waals surface area contributed by atoms with Crippen LogP contribution in [0.25, 0.3) is 0 Å². The smallest absolute Gasteiger partial charge is 0.393 e. The van der Waals surface area contributed by atoms with Gasteiger partial charge in [0.15, 0.2) is 6.61 Å². The van der Waals surface area contributed by atoms with E-state index in [1.165, 1.54) is 17.0 Å². The number of carbonyl (C=O) groups excluding carboxylic acids is 2. The molecule has 0 saturated heterocycles. The van der Waals surface area contributed by atoms with E-state index in [9.17, 15) is 27.2 Å². The van der Waals surface area contributed by atoms with E-state index < -0.39 is 42.4 Å². The molecule has 0 unspecified atom stereocenters. The second-order valence-corrected chi connectivity index (χ2v) is 6.74. The summed E-state index contributed by atoms with van der Waals surface area (Å²) >= 11 is 0. The van der Waals surface area contributed by atoms with Gasteiger partial charge in [0.1, 0.15) is 5.82 Å². The summed E-state index contributed by atoms with van der Waals surface area (Å²) in [7, 11) is 3.28. The fraction of sp³-hybridized carbons (Fsp3) is 0.556. The maximum atomic E-state index is 13.9. The van der Waals surface area contributed by atoms with Gasteiger partial charge in [-0.05, 0) is 31.0 Å². The number of ether oxygens (including phenoxy) is 1. The molecule has 0 aliphatic heterocycles. The van der Waals surface area contributed by atoms with Gasteiger partial charge in [-0.25, -0.2) is 9.18 Å². The van der Waals surface area contributed by atoms with E-state index in [1.54, 1.807) is 14.1 Å². The van der Waals surface area contributed by atoms with E-state index in [0.29, 0.717) is 12.8 Å². The minimum Gasteiger partial charge on any atom is -0.452 e. The molecular formula is C18H22F4N2O3. The monoisotopic (exact) mass is 390 g/mol. The number of alkyl halides is 3. The molecule has 9 heteroatoms. The molecule has 2 rings (SSSR count). The highest BCUT2D eigenvalue weighted by atomic mass is 19.4. The third-order valence-corrected chi connectivity index (χ3v) is 4.53. The van der Waals surface area contributed by atoms with Crippen LogP contribution in [0, 0.1) is 11.7 Å². The Morgan fingerprint density at radius 1 is 1.22 bits per heavy atom. The Hall–Kier alpha value is -2.32. The van der Waals surface area contributed by atoms with Gasteiger partial charge in [-0.3, -0.25) is 4.79 Å². The molecule has 1 aliphatic carbocycles. The fourth-order valence-corrected chi connectivity index (χ4v) is 3.15. The average Bonchev–Trinajstić information content (AvgIpc) is 2.58. The van der Waals surface area contributed by atoms with Crippen molar-refractivity contribution in [1.29, 1.82) is 0 Å². The van der Waals surface area contributed by atoms with Crippen molar-refractivity contribution in [2.45, 2.75) is 37.9 Å². The van der Waals surface area contributed by atoms with Crippen LogP contribution < -0.4 is 10.2 Å². The number of esters is 1. The molecule has 1 amide bonds. The molecule has 0 spiro atoms. The first kappa shape index (κ1) is 21.0. The number of hydrogen-bond acceptors (Lipinski definition) is 4. The summed E-state index contributed by atoms with van der Waals surface area (Å²) in [4.78, 5) is 25.4. The summed E-state index contributed by atoms with van der Waals surface area (Å²) < 4.78 is 57.8. The van der Waals surface area contributed by atoms with Crippen molar-refractivity contribution in [2.24, 2.45) is 5.92 Å². The summed E-state index contributed by atoms with van der Waals surface area (Å²) in [6, 6.07) is 2.69. The van der Waals surface area contributed by atoms with Gasteiger partial charge in [0.25, 0.3) is 5.91 Å². The molecule has 27 heavy (non-hydrogen) atoms. The van der Waals surface area contributed by atoms with Crippen LogP contribution in [0.2, 0.25) is 0 Å². The summed E-state index contributed by atoms with van der Waals surface area (Å²) in [5, 5.41) is 2.30. The van der Waals surface area contributed by atoms with Crippen LogP contribution in [0.1, 0.15) is 36.0 Å². The van der Waals surface area contributed by atoms with Crippen molar-refractivity contribution in [1.82, 2.24) is 5.32 Å². The molecule has 0 aromatic heterocycles. The molecule has 1 aromatic rings. The van der Waals surface area contributed by atoms with Crippen LogP contribution in [-0.4, -0.2) is 44.8 Å². The van der Waals surface area contributed by atoms with E-state index >= 15 is 0 Å². The Balaban J connectivity index is 1.91. The van der Waals surface area contributed by atoms with E-state index in [-0.39, 0.29) is 24.1 Å². The predicted octanol–water partition coefficient (Wildman–Crippen LogP) is 3.29. The zero-order valence-corrected chi connectivity index (χ0v) is 15.1. The molecule has 150 valence electrons. The number of rotatable bonds is 5. The highest BCUT2D eigenvalue weighted by Gasteiger charge is 2.45. The lowest BCUT2D eigenvalue weighted by molar-refractivity contribution is -0.189. The quantitative estimate of drug-likeness (QED) is 0.619. The Morgan fingerprint density at radius 3 is 2.48 bits per heavy atom. The number of anilines is 1. The highest BCUT2D eigenvalue weighted by Crippen LogP contribution is 2.37. The molecular weight excluding hydrogens is 368 g/mol. The molecule has 0 radical (unpaired) electrons. The van der Waals surface area contributed by atoms with Gasteiger partial charge in [-0.1, -0.05) is 12.8 Å². The zero-order chi connectivity index (χ0) is 20.2. The van der Waals surface area contributed by atoms with Crippen molar-refractivity contribution in [3.05, 3.63) is 29.6 Å². The second kappa shape index (κ2) is 8.58. The van der Waals surface area contributed by atoms with Gasteiger partial charge < -0.3 is 15.0 Å². The standard InChI is InChI=1S/C18H22F4N2O3/c1-24(2)15-8-7-11(9-13(15)19)17(26)27-10-16(25)23-14-6-4-3-5-12(14)18(20,21)22/h7-9,12,14H,3-6,10H2,1-2H3,(H,23,25)/t12-,14-/m1/s1. The Labute approximate surface area is 154 Å². The molecule has 1 aliphatic rings. The van der Waals surface area contributed by atoms with Gasteiger partial charge in [0.2, 0.25) is 0 Å². The first-order valence-corrected chi connectivity index (χ1v) is 8.59. The van der Waals surface area contributed by atoms with Gasteiger partial charge >= 0.3 is 12.1 Å². The lowest BCUT2D eigenvalue weighted by atomic mass is 9.84. The molecule has 0 heterocycles. The van der Waals surface area contributed by atoms with E-state index in [4.69, 9.17) is 4.74 Å². The van der Waals surface area contributed by atoms with Crippen molar-refractivity contribution in [2.75, 3.05) is 25.6 Å². The largest absolute Gasteiger partial charge is 0.452 e. The van der Waals surface area contributed by atoms with E-state index in [2.05, 4.69) is 5.32 Å². The second-order valence-electron chi connectivity index (χ2n) is 6.74. The van der Waals surface area contributed by atoms with E-state index in [1.807, 2.05) is 0 Å². The summed E-state index contributed by atoms with van der Waals surface area (Å²) in [6.45, 7) is -0.725. The van der Waals surface area contributed by atoms with Gasteiger partial charge in [0.05, 0.1) is 17.2 Å². The zero-order valence-electron chi connectivity index (χ0n) is 15.1. The fourth-order valence-electron chi connectivity index (χ4n) is 3.15. The number of hydrogen-bond donors (Lipinski definition) is 1. The van der Waals surface area contributed by atoms with E-state index in [0.717, 1.165) is 6.07 Å². The van der Waals surface area contributed by atoms with Crippen LogP contribution in [0.3, 0.4) is 0 Å². The summed E-state index contributed by atoms with van der Waals surface area (Å²) in [5.74, 6) is -3.96. The lowest BCUT2D eigenvalue weighted by Crippen LogP contribution is -2.48. The number of halogens is 4. The van der Waals surface area contributed by atoms with Crippen LogP contribution in [-0.2, 0) is 9.53 Å². The summed E-state index contributed by atoms with van der Waals surface area (Å²) in [6.07, 6.45) is -3.15. The first-order valence-electron chi connectivity index (χ1n) is 8.59. The van der Waals surface area contributed by atoms with Crippen molar-refractivity contribution in [3.8, 4) is 0 Å². The topological polar surface area (TPSA) is 58.6 Å². The van der Waals surface area contributed by atoms with Crippen LogP contribution in [0.4, 0.5) is 23.2 Å². The maximum absolute atomic E-state index is 13.9. The Kier molecular flexibility index (Phi) is 6.67. The minimum atomic E-state index is -4.39. The van der Waals surface area contributed by atoms with Crippen molar-refractivity contribution in [3.63, 3.8) is 0 Å². The third-order valence-electron chi connectivity index (χ3n) is 4.53. The van der Waals surface area contributed by atoms with Crippen LogP contribution in [0.5, 0.6) is 0 Å². The van der Waals surface area contributed by atoms with Crippen molar-refractivity contribution >= 4 is 17.6 Å². The Bertz CT molecular complexity index is 692. The molecule has 5 nitrogen and oxygen atoms in total. The summed E-state index contributed by atoms with van der Waals surface area (Å²) in [5.41, 5.74) is 0.191. The number of amides is 1. The molecule has 0 bridgehead atoms.